The van der Waals surface area contributed by atoms with Gasteiger partial charge in [-0.2, -0.15) is 13.2 Å². The van der Waals surface area contributed by atoms with Crippen molar-refractivity contribution in [2.45, 2.75) is 25.6 Å². The van der Waals surface area contributed by atoms with Crippen molar-refractivity contribution in [3.05, 3.63) is 41.6 Å². The molecule has 0 radical (unpaired) electrons. The Kier molecular flexibility index (Phi) is 3.26. The lowest BCUT2D eigenvalue weighted by atomic mass is 10.1. The summed E-state index contributed by atoms with van der Waals surface area (Å²) in [5.74, 6) is 0. The van der Waals surface area contributed by atoms with Gasteiger partial charge in [0.25, 0.3) is 0 Å². The minimum Gasteiger partial charge on any atom is -0.328 e. The molecule has 18 heavy (non-hydrogen) atoms. The van der Waals surface area contributed by atoms with Crippen LogP contribution in [-0.2, 0) is 12.6 Å². The molecule has 2 nitrogen and oxygen atoms in total. The molecule has 96 valence electrons. The molecule has 2 aromatic rings. The second kappa shape index (κ2) is 4.57. The van der Waals surface area contributed by atoms with Crippen LogP contribution < -0.4 is 5.73 Å². The van der Waals surface area contributed by atoms with E-state index < -0.39 is 11.7 Å². The molecular weight excluding hydrogens is 241 g/mol. The molecule has 1 aromatic carbocycles. The largest absolute Gasteiger partial charge is 0.416 e. The van der Waals surface area contributed by atoms with Gasteiger partial charge >= 0.3 is 6.18 Å². The van der Waals surface area contributed by atoms with Gasteiger partial charge in [-0.05, 0) is 31.2 Å². The maximum atomic E-state index is 12.5. The van der Waals surface area contributed by atoms with E-state index in [4.69, 9.17) is 5.73 Å². The highest BCUT2D eigenvalue weighted by Crippen LogP contribution is 2.31. The Morgan fingerprint density at radius 1 is 1.22 bits per heavy atom. The SMILES string of the molecule is CC(N)Cc1ccc2cc(C(F)(F)F)ccc2n1. The monoisotopic (exact) mass is 254 g/mol. The fraction of sp³-hybridized carbons (Fsp3) is 0.308. The first-order chi connectivity index (χ1) is 8.36. The number of halogens is 3. The van der Waals surface area contributed by atoms with Crippen molar-refractivity contribution in [2.75, 3.05) is 0 Å². The smallest absolute Gasteiger partial charge is 0.328 e. The normalized spacial score (nSPS) is 13.8. The number of aromatic nitrogens is 1. The van der Waals surface area contributed by atoms with Gasteiger partial charge in [0.15, 0.2) is 0 Å². The Morgan fingerprint density at radius 2 is 1.94 bits per heavy atom. The molecular formula is C13H13F3N2. The lowest BCUT2D eigenvalue weighted by Crippen LogP contribution is -2.18. The first-order valence-corrected chi connectivity index (χ1v) is 5.59. The molecule has 1 unspecified atom stereocenters. The van der Waals surface area contributed by atoms with Gasteiger partial charge < -0.3 is 5.73 Å². The molecule has 0 spiro atoms. The van der Waals surface area contributed by atoms with Crippen molar-refractivity contribution in [1.82, 2.24) is 4.98 Å². The number of hydrogen-bond donors (Lipinski definition) is 1. The van der Waals surface area contributed by atoms with Crippen LogP contribution in [0.2, 0.25) is 0 Å². The summed E-state index contributed by atoms with van der Waals surface area (Å²) in [6.45, 7) is 1.86. The number of fused-ring (bicyclic) bond motifs is 1. The number of benzene rings is 1. The molecule has 1 aromatic heterocycles. The van der Waals surface area contributed by atoms with E-state index in [0.717, 1.165) is 17.8 Å². The second-order valence-corrected chi connectivity index (χ2v) is 4.39. The number of nitrogens with two attached hydrogens (primary N) is 1. The number of rotatable bonds is 2. The van der Waals surface area contributed by atoms with Crippen LogP contribution in [0, 0.1) is 0 Å². The van der Waals surface area contributed by atoms with Gasteiger partial charge in [0.2, 0.25) is 0 Å². The lowest BCUT2D eigenvalue weighted by Gasteiger charge is -2.09. The Hall–Kier alpha value is -1.62. The summed E-state index contributed by atoms with van der Waals surface area (Å²) < 4.78 is 37.6. The molecule has 1 atom stereocenters. The Balaban J connectivity index is 2.42. The Labute approximate surface area is 103 Å². The average molecular weight is 254 g/mol. The predicted octanol–water partition coefficient (Wildman–Crippen LogP) is 3.14. The van der Waals surface area contributed by atoms with Gasteiger partial charge in [0.1, 0.15) is 0 Å². The highest BCUT2D eigenvalue weighted by molar-refractivity contribution is 5.79. The van der Waals surface area contributed by atoms with E-state index in [1.807, 2.05) is 6.92 Å². The number of alkyl halides is 3. The van der Waals surface area contributed by atoms with Crippen LogP contribution >= 0.6 is 0 Å². The number of nitrogens with zero attached hydrogens (tertiary/aromatic N) is 1. The Morgan fingerprint density at radius 3 is 2.56 bits per heavy atom. The van der Waals surface area contributed by atoms with Gasteiger partial charge in [-0.1, -0.05) is 6.07 Å². The van der Waals surface area contributed by atoms with Crippen molar-refractivity contribution >= 4 is 10.9 Å². The molecule has 2 rings (SSSR count). The molecule has 0 fully saturated rings. The molecule has 0 saturated carbocycles. The highest BCUT2D eigenvalue weighted by atomic mass is 19.4. The summed E-state index contributed by atoms with van der Waals surface area (Å²) in [5, 5.41) is 0.484. The van der Waals surface area contributed by atoms with Crippen LogP contribution in [0.4, 0.5) is 13.2 Å². The zero-order valence-electron chi connectivity index (χ0n) is 9.83. The van der Waals surface area contributed by atoms with Gasteiger partial charge in [-0.15, -0.1) is 0 Å². The molecule has 0 amide bonds. The minimum absolute atomic E-state index is 0.0237. The fourth-order valence-electron chi connectivity index (χ4n) is 1.79. The molecule has 5 heteroatoms. The predicted molar refractivity (Wildman–Crippen MR) is 64.1 cm³/mol. The molecule has 0 bridgehead atoms. The summed E-state index contributed by atoms with van der Waals surface area (Å²) >= 11 is 0. The van der Waals surface area contributed by atoms with Crippen LogP contribution in [0.1, 0.15) is 18.2 Å². The van der Waals surface area contributed by atoms with E-state index in [-0.39, 0.29) is 6.04 Å². The third-order valence-corrected chi connectivity index (χ3v) is 2.61. The van der Waals surface area contributed by atoms with E-state index in [1.54, 1.807) is 12.1 Å². The molecule has 2 N–H and O–H groups in total. The van der Waals surface area contributed by atoms with Gasteiger partial charge in [-0.25, -0.2) is 0 Å². The van der Waals surface area contributed by atoms with Crippen LogP contribution in [0.5, 0.6) is 0 Å². The third kappa shape index (κ3) is 2.79. The van der Waals surface area contributed by atoms with Crippen LogP contribution in [-0.4, -0.2) is 11.0 Å². The summed E-state index contributed by atoms with van der Waals surface area (Å²) in [6, 6.07) is 6.89. The summed E-state index contributed by atoms with van der Waals surface area (Å²) in [7, 11) is 0. The van der Waals surface area contributed by atoms with E-state index in [2.05, 4.69) is 4.98 Å². The van der Waals surface area contributed by atoms with Gasteiger partial charge in [0, 0.05) is 23.5 Å². The van der Waals surface area contributed by atoms with Crippen molar-refractivity contribution < 1.29 is 13.2 Å². The zero-order chi connectivity index (χ0) is 13.3. The van der Waals surface area contributed by atoms with Gasteiger partial charge in [-0.3, -0.25) is 4.98 Å². The second-order valence-electron chi connectivity index (χ2n) is 4.39. The summed E-state index contributed by atoms with van der Waals surface area (Å²) in [4.78, 5) is 4.29. The maximum absolute atomic E-state index is 12.5. The van der Waals surface area contributed by atoms with Crippen molar-refractivity contribution in [3.8, 4) is 0 Å². The first-order valence-electron chi connectivity index (χ1n) is 5.59. The molecule has 0 saturated heterocycles. The summed E-state index contributed by atoms with van der Waals surface area (Å²) in [6.07, 6.45) is -3.71. The quantitative estimate of drug-likeness (QED) is 0.894. The fourth-order valence-corrected chi connectivity index (χ4v) is 1.79. The van der Waals surface area contributed by atoms with E-state index in [0.29, 0.717) is 17.3 Å². The standard InChI is InChI=1S/C13H13F3N2/c1-8(17)6-11-4-2-9-7-10(13(14,15)16)3-5-12(9)18-11/h2-5,7-8H,6,17H2,1H3. The van der Waals surface area contributed by atoms with E-state index >= 15 is 0 Å². The molecule has 0 aliphatic carbocycles. The van der Waals surface area contributed by atoms with Crippen LogP contribution in [0.15, 0.2) is 30.3 Å². The van der Waals surface area contributed by atoms with Crippen molar-refractivity contribution in [2.24, 2.45) is 5.73 Å². The molecule has 0 aliphatic heterocycles. The van der Waals surface area contributed by atoms with Crippen LogP contribution in [0.3, 0.4) is 0 Å². The number of hydrogen-bond acceptors (Lipinski definition) is 2. The Bertz CT molecular complexity index is 562. The van der Waals surface area contributed by atoms with Crippen molar-refractivity contribution in [3.63, 3.8) is 0 Å². The van der Waals surface area contributed by atoms with Gasteiger partial charge in [0.05, 0.1) is 11.1 Å². The zero-order valence-corrected chi connectivity index (χ0v) is 9.83. The van der Waals surface area contributed by atoms with E-state index in [1.165, 1.54) is 6.07 Å². The highest BCUT2D eigenvalue weighted by Gasteiger charge is 2.30. The van der Waals surface area contributed by atoms with Crippen LogP contribution in [0.25, 0.3) is 10.9 Å². The number of pyridine rings is 1. The average Bonchev–Trinajstić information content (AvgIpc) is 2.26. The molecule has 1 heterocycles. The lowest BCUT2D eigenvalue weighted by molar-refractivity contribution is -0.137. The summed E-state index contributed by atoms with van der Waals surface area (Å²) in [5.41, 5.74) is 6.35. The van der Waals surface area contributed by atoms with Crippen molar-refractivity contribution in [1.29, 1.82) is 0 Å². The van der Waals surface area contributed by atoms with E-state index in [9.17, 15) is 13.2 Å². The topological polar surface area (TPSA) is 38.9 Å². The first kappa shape index (κ1) is 12.8. The maximum Gasteiger partial charge on any atom is 0.416 e. The third-order valence-electron chi connectivity index (χ3n) is 2.61. The minimum atomic E-state index is -4.32. The molecule has 0 aliphatic rings.